The summed E-state index contributed by atoms with van der Waals surface area (Å²) in [4.78, 5) is 12.4. The molecule has 0 atom stereocenters. The van der Waals surface area contributed by atoms with E-state index in [9.17, 15) is 4.79 Å². The molecule has 18 heavy (non-hydrogen) atoms. The fraction of sp³-hybridized carbons (Fsp3) is 0.235. The lowest BCUT2D eigenvalue weighted by Crippen LogP contribution is -2.13. The first-order valence-corrected chi connectivity index (χ1v) is 6.28. The summed E-state index contributed by atoms with van der Waals surface area (Å²) in [7, 11) is 0. The molecule has 1 nitrogen and oxygen atoms in total. The Kier molecular flexibility index (Phi) is 2.21. The molecule has 0 radical (unpaired) electrons. The largest absolute Gasteiger partial charge is 0.289 e. The van der Waals surface area contributed by atoms with Crippen LogP contribution < -0.4 is 0 Å². The molecule has 3 rings (SSSR count). The lowest BCUT2D eigenvalue weighted by atomic mass is 9.81. The van der Waals surface area contributed by atoms with Crippen molar-refractivity contribution in [2.45, 2.75) is 26.2 Å². The number of carbonyl (C=O) groups excluding carboxylic acids is 1. The Morgan fingerprint density at radius 1 is 0.778 bits per heavy atom. The van der Waals surface area contributed by atoms with Crippen molar-refractivity contribution < 1.29 is 4.79 Å². The Bertz CT molecular complexity index is 645. The number of benzene rings is 2. The van der Waals surface area contributed by atoms with E-state index in [4.69, 9.17) is 0 Å². The molecule has 2 aromatic rings. The summed E-state index contributed by atoms with van der Waals surface area (Å²) in [6, 6.07) is 14.0. The third-order valence-corrected chi connectivity index (χ3v) is 3.56. The van der Waals surface area contributed by atoms with Crippen molar-refractivity contribution in [1.82, 2.24) is 0 Å². The normalized spacial score (nSPS) is 13.4. The van der Waals surface area contributed by atoms with Crippen molar-refractivity contribution in [3.05, 3.63) is 59.2 Å². The summed E-state index contributed by atoms with van der Waals surface area (Å²) in [5.74, 6) is 0.159. The molecule has 0 amide bonds. The van der Waals surface area contributed by atoms with Crippen molar-refractivity contribution in [2.24, 2.45) is 0 Å². The lowest BCUT2D eigenvalue weighted by Gasteiger charge is -2.22. The molecule has 1 heteroatoms. The first-order chi connectivity index (χ1) is 8.50. The predicted molar refractivity (Wildman–Crippen MR) is 74.0 cm³/mol. The monoisotopic (exact) mass is 236 g/mol. The van der Waals surface area contributed by atoms with Gasteiger partial charge in [-0.25, -0.2) is 0 Å². The summed E-state index contributed by atoms with van der Waals surface area (Å²) >= 11 is 0. The number of rotatable bonds is 0. The minimum Gasteiger partial charge on any atom is -0.289 e. The van der Waals surface area contributed by atoms with Gasteiger partial charge in [-0.15, -0.1) is 0 Å². The zero-order chi connectivity index (χ0) is 12.9. The standard InChI is InChI=1S/C17H16O/c1-17(2,3)14-10-6-9-13-15(14)11-7-4-5-8-12(11)16(13)18/h4-10H,1-3H3. The van der Waals surface area contributed by atoms with E-state index in [1.54, 1.807) is 0 Å². The van der Waals surface area contributed by atoms with Crippen LogP contribution in [0.15, 0.2) is 42.5 Å². The second kappa shape index (κ2) is 3.55. The molecular weight excluding hydrogens is 220 g/mol. The molecule has 0 spiro atoms. The summed E-state index contributed by atoms with van der Waals surface area (Å²) in [6.07, 6.45) is 0. The van der Waals surface area contributed by atoms with E-state index in [0.29, 0.717) is 0 Å². The van der Waals surface area contributed by atoms with Crippen LogP contribution in [-0.2, 0) is 5.41 Å². The van der Waals surface area contributed by atoms with Gasteiger partial charge in [0.2, 0.25) is 0 Å². The SMILES string of the molecule is CC(C)(C)c1cccc2c1-c1ccccc1C2=O. The first-order valence-electron chi connectivity index (χ1n) is 6.28. The van der Waals surface area contributed by atoms with Crippen molar-refractivity contribution in [1.29, 1.82) is 0 Å². The molecule has 0 bridgehead atoms. The molecular formula is C17H16O. The predicted octanol–water partition coefficient (Wildman–Crippen LogP) is 4.20. The van der Waals surface area contributed by atoms with Gasteiger partial charge in [-0.3, -0.25) is 4.79 Å². The number of fused-ring (bicyclic) bond motifs is 3. The van der Waals surface area contributed by atoms with Gasteiger partial charge in [-0.2, -0.15) is 0 Å². The van der Waals surface area contributed by atoms with Gasteiger partial charge in [0.05, 0.1) is 0 Å². The molecule has 0 aliphatic heterocycles. The summed E-state index contributed by atoms with van der Waals surface area (Å²) in [5, 5.41) is 0. The van der Waals surface area contributed by atoms with Crippen LogP contribution >= 0.6 is 0 Å². The van der Waals surface area contributed by atoms with Gasteiger partial charge >= 0.3 is 0 Å². The molecule has 90 valence electrons. The van der Waals surface area contributed by atoms with E-state index in [1.807, 2.05) is 36.4 Å². The van der Waals surface area contributed by atoms with Crippen LogP contribution in [-0.4, -0.2) is 5.78 Å². The van der Waals surface area contributed by atoms with Crippen molar-refractivity contribution in [3.8, 4) is 11.1 Å². The maximum atomic E-state index is 12.4. The smallest absolute Gasteiger partial charge is 0.194 e. The highest BCUT2D eigenvalue weighted by molar-refractivity contribution is 6.22. The molecule has 0 heterocycles. The zero-order valence-corrected chi connectivity index (χ0v) is 10.9. The van der Waals surface area contributed by atoms with Crippen LogP contribution in [0, 0.1) is 0 Å². The van der Waals surface area contributed by atoms with Gasteiger partial charge in [0.15, 0.2) is 5.78 Å². The fourth-order valence-electron chi connectivity index (χ4n) is 2.70. The number of ketones is 1. The molecule has 0 saturated carbocycles. The van der Waals surface area contributed by atoms with E-state index >= 15 is 0 Å². The topological polar surface area (TPSA) is 17.1 Å². The average molecular weight is 236 g/mol. The second-order valence-corrected chi connectivity index (χ2v) is 5.85. The van der Waals surface area contributed by atoms with Crippen LogP contribution in [0.2, 0.25) is 0 Å². The average Bonchev–Trinajstić information content (AvgIpc) is 2.63. The van der Waals surface area contributed by atoms with Gasteiger partial charge < -0.3 is 0 Å². The van der Waals surface area contributed by atoms with Crippen LogP contribution in [0.1, 0.15) is 42.3 Å². The highest BCUT2D eigenvalue weighted by Gasteiger charge is 2.31. The minimum atomic E-state index is 0.0447. The van der Waals surface area contributed by atoms with E-state index < -0.39 is 0 Å². The Balaban J connectivity index is 2.39. The summed E-state index contributed by atoms with van der Waals surface area (Å²) in [6.45, 7) is 6.57. The maximum Gasteiger partial charge on any atom is 0.194 e. The zero-order valence-electron chi connectivity index (χ0n) is 10.9. The lowest BCUT2D eigenvalue weighted by molar-refractivity contribution is 0.104. The third kappa shape index (κ3) is 1.43. The molecule has 1 aliphatic rings. The minimum absolute atomic E-state index is 0.0447. The highest BCUT2D eigenvalue weighted by Crippen LogP contribution is 2.42. The van der Waals surface area contributed by atoms with E-state index in [0.717, 1.165) is 22.3 Å². The number of hydrogen-bond acceptors (Lipinski definition) is 1. The Morgan fingerprint density at radius 3 is 2.06 bits per heavy atom. The second-order valence-electron chi connectivity index (χ2n) is 5.85. The van der Waals surface area contributed by atoms with Crippen molar-refractivity contribution in [3.63, 3.8) is 0 Å². The Morgan fingerprint density at radius 2 is 1.39 bits per heavy atom. The molecule has 1 aliphatic carbocycles. The van der Waals surface area contributed by atoms with E-state index in [1.165, 1.54) is 5.56 Å². The summed E-state index contributed by atoms with van der Waals surface area (Å²) < 4.78 is 0. The first kappa shape index (κ1) is 11.2. The van der Waals surface area contributed by atoms with Gasteiger partial charge in [0.1, 0.15) is 0 Å². The van der Waals surface area contributed by atoms with E-state index in [2.05, 4.69) is 26.8 Å². The van der Waals surface area contributed by atoms with Crippen molar-refractivity contribution >= 4 is 5.78 Å². The Labute approximate surface area is 107 Å². The van der Waals surface area contributed by atoms with Gasteiger partial charge in [-0.05, 0) is 22.1 Å². The van der Waals surface area contributed by atoms with Crippen LogP contribution in [0.4, 0.5) is 0 Å². The van der Waals surface area contributed by atoms with E-state index in [-0.39, 0.29) is 11.2 Å². The molecule has 0 aromatic heterocycles. The molecule has 0 unspecified atom stereocenters. The van der Waals surface area contributed by atoms with Gasteiger partial charge in [-0.1, -0.05) is 63.2 Å². The maximum absolute atomic E-state index is 12.4. The Hall–Kier alpha value is -1.89. The van der Waals surface area contributed by atoms with Crippen LogP contribution in [0.25, 0.3) is 11.1 Å². The molecule has 0 fully saturated rings. The fourth-order valence-corrected chi connectivity index (χ4v) is 2.70. The molecule has 0 N–H and O–H groups in total. The number of carbonyl (C=O) groups is 1. The van der Waals surface area contributed by atoms with Gasteiger partial charge in [0, 0.05) is 11.1 Å². The number of hydrogen-bond donors (Lipinski definition) is 0. The van der Waals surface area contributed by atoms with Crippen molar-refractivity contribution in [2.75, 3.05) is 0 Å². The third-order valence-electron chi connectivity index (χ3n) is 3.56. The highest BCUT2D eigenvalue weighted by atomic mass is 16.1. The van der Waals surface area contributed by atoms with Gasteiger partial charge in [0.25, 0.3) is 0 Å². The quantitative estimate of drug-likeness (QED) is 0.572. The van der Waals surface area contributed by atoms with Crippen LogP contribution in [0.5, 0.6) is 0 Å². The molecule has 0 saturated heterocycles. The van der Waals surface area contributed by atoms with Crippen LogP contribution in [0.3, 0.4) is 0 Å². The summed E-state index contributed by atoms with van der Waals surface area (Å²) in [5.41, 5.74) is 5.20. The molecule has 2 aromatic carbocycles.